The van der Waals surface area contributed by atoms with Crippen LogP contribution in [0.1, 0.15) is 113 Å². The summed E-state index contributed by atoms with van der Waals surface area (Å²) in [6.07, 6.45) is 1.68. The van der Waals surface area contributed by atoms with Gasteiger partial charge in [-0.3, -0.25) is 29.2 Å². The molecule has 2 saturated heterocycles. The Bertz CT molecular complexity index is 3900. The van der Waals surface area contributed by atoms with Crippen LogP contribution in [0.3, 0.4) is 0 Å². The molecule has 2 fully saturated rings. The number of phenolic OH excluding ortho intramolecular Hbond substituents is 4. The van der Waals surface area contributed by atoms with Gasteiger partial charge in [-0.15, -0.1) is 10.1 Å². The third kappa shape index (κ3) is 12.4. The van der Waals surface area contributed by atoms with Crippen molar-refractivity contribution >= 4 is 11.8 Å². The molecular formula is C67H74Ac2AgN8O14. The van der Waals surface area contributed by atoms with E-state index in [9.17, 15) is 40.4 Å². The molecule has 14 rings (SSSR count). The molecule has 0 aliphatic carbocycles. The van der Waals surface area contributed by atoms with Crippen LogP contribution in [0.2, 0.25) is 0 Å². The molecule has 2 unspecified atom stereocenters. The number of carbonyl (C=O) groups is 2. The van der Waals surface area contributed by atoms with Crippen molar-refractivity contribution in [3.8, 4) is 52.1 Å². The molecule has 8 heterocycles. The van der Waals surface area contributed by atoms with E-state index in [1.165, 1.54) is 0 Å². The number of benzene rings is 6. The minimum Gasteiger partial charge on any atom is -0.507 e. The van der Waals surface area contributed by atoms with Crippen LogP contribution in [0.4, 0.5) is 0 Å². The zero-order valence-corrected chi connectivity index (χ0v) is 63.3. The molecule has 25 heteroatoms. The fourth-order valence-corrected chi connectivity index (χ4v) is 15.7. The number of nitrogens with zero attached hydrogens (tertiary/aromatic N) is 6. The van der Waals surface area contributed by atoms with E-state index in [0.717, 1.165) is 77.9 Å². The van der Waals surface area contributed by atoms with Crippen LogP contribution >= 0.6 is 0 Å². The van der Waals surface area contributed by atoms with Gasteiger partial charge in [0.25, 0.3) is 5.09 Å². The molecule has 8 aliphatic heterocycles. The van der Waals surface area contributed by atoms with Crippen LogP contribution in [-0.2, 0) is 70.5 Å². The minimum absolute atomic E-state index is 0. The maximum Gasteiger partial charge on any atom is 0.291 e. The Morgan fingerprint density at radius 2 is 0.967 bits per heavy atom. The van der Waals surface area contributed by atoms with E-state index in [2.05, 4.69) is 48.4 Å². The second kappa shape index (κ2) is 28.6. The first-order chi connectivity index (χ1) is 42.6. The Balaban J connectivity index is 0.000000199. The molecule has 8 aliphatic rings. The summed E-state index contributed by atoms with van der Waals surface area (Å²) >= 11 is 0. The number of aliphatic hydroxyl groups excluding tert-OH is 1. The van der Waals surface area contributed by atoms with E-state index in [0.29, 0.717) is 71.3 Å². The second-order valence-electron chi connectivity index (χ2n) is 24.7. The van der Waals surface area contributed by atoms with E-state index >= 15 is 0 Å². The van der Waals surface area contributed by atoms with Crippen molar-refractivity contribution in [1.82, 2.24) is 30.2 Å². The molecule has 6 aromatic carbocycles. The number of likely N-dealkylation sites (N-methyl/N-ethyl adjacent to an activating group) is 2. The van der Waals surface area contributed by atoms with Gasteiger partial charge in [0, 0.05) is 186 Å². The van der Waals surface area contributed by atoms with Crippen molar-refractivity contribution in [3.05, 3.63) is 172 Å². The molecule has 2 amide bonds. The number of nitriles is 1. The number of hydrogen-bond acceptors (Lipinski definition) is 18. The Hall–Kier alpha value is -5.23. The van der Waals surface area contributed by atoms with Crippen molar-refractivity contribution < 1.29 is 175 Å². The van der Waals surface area contributed by atoms with Crippen LogP contribution < -0.4 is 29.6 Å². The summed E-state index contributed by atoms with van der Waals surface area (Å²) in [6, 6.07) is 23.2. The number of aromatic hydroxyl groups is 4. The van der Waals surface area contributed by atoms with E-state index in [-0.39, 0.29) is 210 Å². The summed E-state index contributed by atoms with van der Waals surface area (Å²) in [5.41, 5.74) is 13.7. The SMILES string of the molecule is Cc1cc2c(c(O)c1C)[C@@H]1C3Cc4c(O)c(C)c5c(c4[C@H](CNC(=O)Cc4ccccc4)N3[C@@H](C#N)[C@H](C2)N1C)OCO5.Cc1cc2c(c(O)c1C)[C@@H]1C3Cc4c(O)c(C)c5c(c4[C@H](CNC(=O)Cc4ccccc4)N3[C@@H](O)[C@H](C2)N1C)OCO5.O=[N+]([O-])O.[Ac].[Ac].[Ag]. The maximum atomic E-state index is 13.2. The molecule has 0 saturated carbocycles. The molecule has 0 spiro atoms. The molecular weight excluding hydrogens is 1700 g/mol. The van der Waals surface area contributed by atoms with Crippen LogP contribution in [0.25, 0.3) is 0 Å². The summed E-state index contributed by atoms with van der Waals surface area (Å²) in [5, 5.41) is 88.7. The van der Waals surface area contributed by atoms with Crippen LogP contribution in [0.5, 0.6) is 46.0 Å². The molecule has 483 valence electrons. The van der Waals surface area contributed by atoms with Gasteiger partial charge in [-0.05, 0) is 126 Å². The fourth-order valence-electron chi connectivity index (χ4n) is 15.7. The Morgan fingerprint density at radius 1 is 0.587 bits per heavy atom. The smallest absolute Gasteiger partial charge is 0.291 e. The van der Waals surface area contributed by atoms with Crippen LogP contribution in [-0.4, -0.2) is 144 Å². The summed E-state index contributed by atoms with van der Waals surface area (Å²) < 4.78 is 23.6. The molecule has 22 nitrogen and oxygen atoms in total. The first-order valence-corrected chi connectivity index (χ1v) is 30.0. The van der Waals surface area contributed by atoms with Crippen molar-refractivity contribution in [2.75, 3.05) is 40.8 Å². The summed E-state index contributed by atoms with van der Waals surface area (Å²) in [7, 11) is 4.04. The number of rotatable bonds is 8. The van der Waals surface area contributed by atoms with Gasteiger partial charge in [0.2, 0.25) is 25.4 Å². The molecule has 10 atom stereocenters. The van der Waals surface area contributed by atoms with Gasteiger partial charge in [-0.1, -0.05) is 72.8 Å². The summed E-state index contributed by atoms with van der Waals surface area (Å²) in [4.78, 5) is 43.4. The van der Waals surface area contributed by atoms with E-state index in [4.69, 9.17) is 34.3 Å². The first kappa shape index (κ1) is 71.1. The summed E-state index contributed by atoms with van der Waals surface area (Å²) in [6.45, 7) is 12.0. The summed E-state index contributed by atoms with van der Waals surface area (Å²) in [5.74, 6) is 2.77. The average molecular weight is 1780 g/mol. The van der Waals surface area contributed by atoms with Gasteiger partial charge < -0.3 is 60.3 Å². The number of ether oxygens (including phenoxy) is 4. The zero-order chi connectivity index (χ0) is 63.2. The number of amides is 2. The van der Waals surface area contributed by atoms with Crippen molar-refractivity contribution in [2.24, 2.45) is 0 Å². The Morgan fingerprint density at radius 3 is 1.39 bits per heavy atom. The van der Waals surface area contributed by atoms with Crippen molar-refractivity contribution in [1.29, 1.82) is 5.26 Å². The maximum absolute atomic E-state index is 13.2. The Kier molecular flexibility index (Phi) is 22.1. The number of phenols is 4. The van der Waals surface area contributed by atoms with Crippen molar-refractivity contribution in [2.45, 2.75) is 141 Å². The minimum atomic E-state index is -1.50. The zero-order valence-electron chi connectivity index (χ0n) is 52.4. The predicted octanol–water partition coefficient (Wildman–Crippen LogP) is 6.84. The second-order valence-corrected chi connectivity index (χ2v) is 24.7. The molecule has 0 aromatic heterocycles. The Labute approximate surface area is 620 Å². The number of fused-ring (bicyclic) bond motifs is 18. The monoisotopic (exact) mass is 1780 g/mol. The number of aryl methyl sites for hydroxylation is 2. The normalized spacial score (nSPS) is 23.9. The number of hydrogen-bond donors (Lipinski definition) is 8. The van der Waals surface area contributed by atoms with E-state index in [1.54, 1.807) is 0 Å². The van der Waals surface area contributed by atoms with Gasteiger partial charge in [-0.25, -0.2) is 0 Å². The van der Waals surface area contributed by atoms with Gasteiger partial charge in [0.1, 0.15) is 35.3 Å². The van der Waals surface area contributed by atoms with Gasteiger partial charge in [-0.2, -0.15) is 5.26 Å². The standard InChI is InChI=1S/C34H36N4O5.C33H37N3O6.2Ac.Ag.HNO3/c1-17-10-21-12-23-25(14-35)38-24(30(37(23)4)28(21)32(41)18(17)2)13-22-29(34-33(42-16-43-34)19(3)31(22)40)26(38)15-36-27(39)11-20-8-6-5-7-9-20;1-16-10-20-12-23-33(40)36-22(28(35(23)4)26(20)30(39)17(16)2)13-21-27(32-31(41-15-42-32)18(3)29(21)38)24(36)14-34-25(37)11-19-8-6-5-7-9-19;;;;2-1(3)4/h5-10,23-26,30,40-41H,11-13,15-16H2,1-4H3,(H,36,39);5-10,22-24,28,33,38-40H,11-15H2,1-4H3,(H,34,37);;;;(H,2,3,4)/t23-,24?,25-,26-,30-;22?,23-,24-,28-,33-;;;;/m00..../s1. The average Bonchev–Trinajstić information content (AvgIpc) is 1.56. The van der Waals surface area contributed by atoms with Crippen molar-refractivity contribution in [3.63, 3.8) is 0 Å². The van der Waals surface area contributed by atoms with Crippen LogP contribution in [0, 0.1) is 151 Å². The van der Waals surface area contributed by atoms with E-state index < -0.39 is 29.4 Å². The molecule has 6 aromatic rings. The van der Waals surface area contributed by atoms with Gasteiger partial charge in [0.15, 0.2) is 23.0 Å². The molecule has 8 N–H and O–H groups in total. The third-order valence-corrected chi connectivity index (χ3v) is 20.2. The van der Waals surface area contributed by atoms with Crippen LogP contribution in [0.15, 0.2) is 72.8 Å². The largest absolute Gasteiger partial charge is 0.507 e. The molecule has 4 bridgehead atoms. The fraction of sp³-hybridized carbons (Fsp3) is 0.418. The number of nitrogens with one attached hydrogen (secondary N) is 2. The number of carbonyl (C=O) groups excluding carboxylic acids is 2. The third-order valence-electron chi connectivity index (χ3n) is 20.2. The van der Waals surface area contributed by atoms with Gasteiger partial charge in [0.05, 0.1) is 49.1 Å². The number of aliphatic hydroxyl groups is 1. The topological polar surface area (TPSA) is 296 Å². The quantitative estimate of drug-likeness (QED) is 0.0439. The molecule has 92 heavy (non-hydrogen) atoms. The van der Waals surface area contributed by atoms with Gasteiger partial charge >= 0.3 is 0 Å². The first-order valence-electron chi connectivity index (χ1n) is 30.0. The number of piperazine rings is 2. The van der Waals surface area contributed by atoms with E-state index in [1.807, 2.05) is 116 Å². The molecule has 3 radical (unpaired) electrons. The predicted molar refractivity (Wildman–Crippen MR) is 324 cm³/mol.